The van der Waals surface area contributed by atoms with E-state index in [1.807, 2.05) is 6.07 Å². The highest BCUT2D eigenvalue weighted by Crippen LogP contribution is 2.28. The molecule has 0 saturated heterocycles. The molecule has 0 bridgehead atoms. The Morgan fingerprint density at radius 2 is 1.82 bits per heavy atom. The van der Waals surface area contributed by atoms with Gasteiger partial charge in [-0.3, -0.25) is 0 Å². The summed E-state index contributed by atoms with van der Waals surface area (Å²) < 4.78 is 0. The monoisotopic (exact) mass is 372 g/mol. The van der Waals surface area contributed by atoms with Crippen molar-refractivity contribution in [3.63, 3.8) is 0 Å². The number of nitrogens with one attached hydrogen (secondary N) is 1. The molecule has 1 aromatic heterocycles. The number of rotatable bonds is 5. The van der Waals surface area contributed by atoms with Crippen molar-refractivity contribution in [3.8, 4) is 0 Å². The Hall–Kier alpha value is -2.88. The van der Waals surface area contributed by atoms with Crippen molar-refractivity contribution in [1.29, 1.82) is 0 Å². The summed E-state index contributed by atoms with van der Waals surface area (Å²) in [6.45, 7) is 2.08. The fourth-order valence-corrected chi connectivity index (χ4v) is 4.09. The maximum absolute atomic E-state index is 5.97. The zero-order valence-corrected chi connectivity index (χ0v) is 16.5. The van der Waals surface area contributed by atoms with E-state index in [2.05, 4.69) is 70.7 Å². The highest BCUT2D eigenvalue weighted by molar-refractivity contribution is 5.57. The molecule has 144 valence electrons. The van der Waals surface area contributed by atoms with Gasteiger partial charge < -0.3 is 11.1 Å². The van der Waals surface area contributed by atoms with E-state index in [0.29, 0.717) is 11.9 Å². The summed E-state index contributed by atoms with van der Waals surface area (Å²) in [7, 11) is 0. The predicted molar refractivity (Wildman–Crippen MR) is 116 cm³/mol. The lowest BCUT2D eigenvalue weighted by Crippen LogP contribution is -2.08. The van der Waals surface area contributed by atoms with Gasteiger partial charge in [0.2, 0.25) is 5.95 Å². The van der Waals surface area contributed by atoms with E-state index in [1.54, 1.807) is 0 Å². The lowest BCUT2D eigenvalue weighted by molar-refractivity contribution is 0.445. The van der Waals surface area contributed by atoms with Crippen LogP contribution in [0.3, 0.4) is 0 Å². The highest BCUT2D eigenvalue weighted by Gasteiger charge is 2.17. The van der Waals surface area contributed by atoms with E-state index in [0.717, 1.165) is 30.0 Å². The molecule has 4 heteroatoms. The van der Waals surface area contributed by atoms with Gasteiger partial charge in [-0.15, -0.1) is 0 Å². The maximum atomic E-state index is 5.97. The first kappa shape index (κ1) is 18.5. The smallest absolute Gasteiger partial charge is 0.222 e. The van der Waals surface area contributed by atoms with Gasteiger partial charge in [0.1, 0.15) is 5.82 Å². The summed E-state index contributed by atoms with van der Waals surface area (Å²) in [6.07, 6.45) is 7.00. The molecular weight excluding hydrogens is 344 g/mol. The Bertz CT molecular complexity index is 934. The van der Waals surface area contributed by atoms with Crippen LogP contribution in [0.2, 0.25) is 0 Å². The third kappa shape index (κ3) is 4.69. The minimum atomic E-state index is 0.332. The number of fused-ring (bicyclic) bond motifs is 1. The molecule has 28 heavy (non-hydrogen) atoms. The van der Waals surface area contributed by atoms with E-state index >= 15 is 0 Å². The summed E-state index contributed by atoms with van der Waals surface area (Å²) in [5.74, 6) is 1.80. The Kier molecular flexibility index (Phi) is 5.56. The molecule has 1 atom stereocenters. The SMILES string of the molecule is Cc1ccc(Nc2cc(CCC3CCCc4ccccc4C3)nc(N)n2)cc1. The zero-order valence-electron chi connectivity index (χ0n) is 16.5. The van der Waals surface area contributed by atoms with Crippen molar-refractivity contribution < 1.29 is 0 Å². The van der Waals surface area contributed by atoms with Crippen LogP contribution in [0.4, 0.5) is 17.5 Å². The molecule has 1 aliphatic rings. The van der Waals surface area contributed by atoms with Gasteiger partial charge in [-0.25, -0.2) is 4.98 Å². The van der Waals surface area contributed by atoms with Crippen molar-refractivity contribution in [2.24, 2.45) is 5.92 Å². The molecule has 0 radical (unpaired) electrons. The average Bonchev–Trinajstić information content (AvgIpc) is 2.90. The first-order chi connectivity index (χ1) is 13.7. The fourth-order valence-electron chi connectivity index (χ4n) is 4.09. The van der Waals surface area contributed by atoms with Crippen molar-refractivity contribution in [2.45, 2.75) is 45.4 Å². The lowest BCUT2D eigenvalue weighted by atomic mass is 9.92. The zero-order chi connectivity index (χ0) is 19.3. The number of anilines is 3. The fraction of sp³-hybridized carbons (Fsp3) is 0.333. The van der Waals surface area contributed by atoms with Gasteiger partial charge in [-0.05, 0) is 74.6 Å². The van der Waals surface area contributed by atoms with Crippen LogP contribution in [0, 0.1) is 12.8 Å². The first-order valence-corrected chi connectivity index (χ1v) is 10.2. The Labute approximate surface area is 167 Å². The second-order valence-electron chi connectivity index (χ2n) is 7.86. The van der Waals surface area contributed by atoms with Gasteiger partial charge in [0.05, 0.1) is 0 Å². The van der Waals surface area contributed by atoms with Crippen LogP contribution in [-0.2, 0) is 19.3 Å². The summed E-state index contributed by atoms with van der Waals surface area (Å²) in [5.41, 5.74) is 12.3. The molecule has 1 aliphatic carbocycles. The molecular formula is C24H28N4. The molecule has 2 aromatic carbocycles. The largest absolute Gasteiger partial charge is 0.368 e. The quantitative estimate of drug-likeness (QED) is 0.601. The van der Waals surface area contributed by atoms with Gasteiger partial charge in [-0.1, -0.05) is 42.0 Å². The van der Waals surface area contributed by atoms with Gasteiger partial charge >= 0.3 is 0 Å². The number of hydrogen-bond acceptors (Lipinski definition) is 4. The molecule has 0 fully saturated rings. The van der Waals surface area contributed by atoms with Gasteiger partial charge in [-0.2, -0.15) is 4.98 Å². The Morgan fingerprint density at radius 1 is 1.04 bits per heavy atom. The molecule has 0 spiro atoms. The second-order valence-corrected chi connectivity index (χ2v) is 7.86. The molecule has 4 rings (SSSR count). The molecule has 0 saturated carbocycles. The van der Waals surface area contributed by atoms with E-state index in [-0.39, 0.29) is 0 Å². The third-order valence-corrected chi connectivity index (χ3v) is 5.61. The normalized spacial score (nSPS) is 16.2. The van der Waals surface area contributed by atoms with Crippen LogP contribution in [0.5, 0.6) is 0 Å². The Balaban J connectivity index is 1.42. The van der Waals surface area contributed by atoms with E-state index in [1.165, 1.54) is 42.4 Å². The number of benzene rings is 2. The van der Waals surface area contributed by atoms with Crippen LogP contribution in [0.1, 0.15) is 41.6 Å². The minimum Gasteiger partial charge on any atom is -0.368 e. The average molecular weight is 373 g/mol. The van der Waals surface area contributed by atoms with Crippen LogP contribution in [-0.4, -0.2) is 9.97 Å². The van der Waals surface area contributed by atoms with Crippen molar-refractivity contribution in [1.82, 2.24) is 9.97 Å². The number of hydrogen-bond donors (Lipinski definition) is 2. The molecule has 3 N–H and O–H groups in total. The number of nitrogen functional groups attached to an aromatic ring is 1. The number of nitrogens with zero attached hydrogens (tertiary/aromatic N) is 2. The minimum absolute atomic E-state index is 0.332. The summed E-state index contributed by atoms with van der Waals surface area (Å²) >= 11 is 0. The van der Waals surface area contributed by atoms with Crippen LogP contribution < -0.4 is 11.1 Å². The molecule has 0 aliphatic heterocycles. The van der Waals surface area contributed by atoms with Crippen LogP contribution in [0.15, 0.2) is 54.6 Å². The first-order valence-electron chi connectivity index (χ1n) is 10.2. The third-order valence-electron chi connectivity index (χ3n) is 5.61. The van der Waals surface area contributed by atoms with Crippen molar-refractivity contribution >= 4 is 17.5 Å². The van der Waals surface area contributed by atoms with Crippen molar-refractivity contribution in [3.05, 3.63) is 77.0 Å². The highest BCUT2D eigenvalue weighted by atomic mass is 15.1. The summed E-state index contributed by atoms with van der Waals surface area (Å²) in [5, 5.41) is 3.34. The Morgan fingerprint density at radius 3 is 2.64 bits per heavy atom. The summed E-state index contributed by atoms with van der Waals surface area (Å²) in [4.78, 5) is 8.82. The number of nitrogens with two attached hydrogens (primary N) is 1. The molecule has 0 amide bonds. The summed E-state index contributed by atoms with van der Waals surface area (Å²) in [6, 6.07) is 19.2. The molecule has 3 aromatic rings. The topological polar surface area (TPSA) is 63.8 Å². The van der Waals surface area contributed by atoms with Crippen molar-refractivity contribution in [2.75, 3.05) is 11.1 Å². The van der Waals surface area contributed by atoms with Crippen LogP contribution in [0.25, 0.3) is 0 Å². The van der Waals surface area contributed by atoms with Gasteiger partial charge in [0, 0.05) is 17.4 Å². The molecule has 4 nitrogen and oxygen atoms in total. The van der Waals surface area contributed by atoms with E-state index < -0.39 is 0 Å². The molecule has 1 unspecified atom stereocenters. The van der Waals surface area contributed by atoms with Gasteiger partial charge in [0.25, 0.3) is 0 Å². The van der Waals surface area contributed by atoms with E-state index in [4.69, 9.17) is 5.73 Å². The van der Waals surface area contributed by atoms with Gasteiger partial charge in [0.15, 0.2) is 0 Å². The van der Waals surface area contributed by atoms with Crippen LogP contribution >= 0.6 is 0 Å². The standard InChI is InChI=1S/C24H28N4/c1-17-9-12-21(13-10-17)26-23-16-22(27-24(25)28-23)14-11-18-5-4-8-19-6-2-3-7-20(19)15-18/h2-3,6-7,9-10,12-13,16,18H,4-5,8,11,14-15H2,1H3,(H3,25,26,27,28). The maximum Gasteiger partial charge on any atom is 0.222 e. The number of aromatic nitrogens is 2. The van der Waals surface area contributed by atoms with E-state index in [9.17, 15) is 0 Å². The lowest BCUT2D eigenvalue weighted by Gasteiger charge is -2.15. The number of aryl methyl sites for hydroxylation is 3. The predicted octanol–water partition coefficient (Wildman–Crippen LogP) is 5.24. The molecule has 1 heterocycles. The second kappa shape index (κ2) is 8.42.